The van der Waals surface area contributed by atoms with Gasteiger partial charge >= 0.3 is 11.9 Å². The van der Waals surface area contributed by atoms with Gasteiger partial charge in [-0.3, -0.25) is 9.59 Å². The molecular formula is C21H27F5O4. The molecule has 0 spiro atoms. The standard InChI is InChI=1S/C21H27F5O4/c1-3-4-5-6-7-8-9-12-29-14(27)10-11-15(28)30-13(2)16-17(22)19(24)21(26)20(25)18(16)23/h13H,3-12H2,1-2H3. The van der Waals surface area contributed by atoms with E-state index in [0.717, 1.165) is 26.2 Å². The van der Waals surface area contributed by atoms with Crippen molar-refractivity contribution in [2.24, 2.45) is 0 Å². The highest BCUT2D eigenvalue weighted by Gasteiger charge is 2.30. The van der Waals surface area contributed by atoms with Crippen LogP contribution in [0.4, 0.5) is 22.0 Å². The Balaban J connectivity index is 2.37. The van der Waals surface area contributed by atoms with E-state index in [2.05, 4.69) is 6.92 Å². The van der Waals surface area contributed by atoms with Crippen molar-refractivity contribution in [3.8, 4) is 0 Å². The molecule has 30 heavy (non-hydrogen) atoms. The number of carbonyl (C=O) groups excluding carboxylic acids is 2. The summed E-state index contributed by atoms with van der Waals surface area (Å²) >= 11 is 0. The average molecular weight is 438 g/mol. The fraction of sp³-hybridized carbons (Fsp3) is 0.619. The normalized spacial score (nSPS) is 12.0. The molecule has 0 radical (unpaired) electrons. The van der Waals surface area contributed by atoms with Gasteiger partial charge in [-0.15, -0.1) is 0 Å². The first-order valence-corrected chi connectivity index (χ1v) is 10.1. The molecule has 1 aromatic rings. The zero-order valence-electron chi connectivity index (χ0n) is 17.2. The second kappa shape index (κ2) is 13.2. The molecule has 170 valence electrons. The lowest BCUT2D eigenvalue weighted by Crippen LogP contribution is -2.16. The van der Waals surface area contributed by atoms with Crippen molar-refractivity contribution in [2.45, 2.75) is 77.7 Å². The lowest BCUT2D eigenvalue weighted by molar-refractivity contribution is -0.153. The zero-order valence-corrected chi connectivity index (χ0v) is 17.2. The van der Waals surface area contributed by atoms with Crippen LogP contribution in [-0.2, 0) is 19.1 Å². The van der Waals surface area contributed by atoms with Crippen molar-refractivity contribution in [1.82, 2.24) is 0 Å². The van der Waals surface area contributed by atoms with E-state index in [-0.39, 0.29) is 13.0 Å². The summed E-state index contributed by atoms with van der Waals surface area (Å²) in [7, 11) is 0. The zero-order chi connectivity index (χ0) is 22.7. The fourth-order valence-corrected chi connectivity index (χ4v) is 2.82. The Labute approximate surface area is 172 Å². The van der Waals surface area contributed by atoms with Gasteiger partial charge in [0.15, 0.2) is 23.3 Å². The van der Waals surface area contributed by atoms with E-state index in [9.17, 15) is 31.5 Å². The predicted octanol–water partition coefficient (Wildman–Crippen LogP) is 6.06. The molecule has 1 aromatic carbocycles. The lowest BCUT2D eigenvalue weighted by atomic mass is 10.1. The van der Waals surface area contributed by atoms with Crippen molar-refractivity contribution in [2.75, 3.05) is 6.61 Å². The number of esters is 2. The van der Waals surface area contributed by atoms with Crippen LogP contribution in [0.25, 0.3) is 0 Å². The van der Waals surface area contributed by atoms with E-state index >= 15 is 0 Å². The molecule has 0 bridgehead atoms. The molecule has 1 unspecified atom stereocenters. The van der Waals surface area contributed by atoms with Crippen LogP contribution in [0.15, 0.2) is 0 Å². The van der Waals surface area contributed by atoms with Crippen LogP contribution in [0, 0.1) is 29.1 Å². The largest absolute Gasteiger partial charge is 0.466 e. The first kappa shape index (κ1) is 25.8. The monoisotopic (exact) mass is 438 g/mol. The molecule has 4 nitrogen and oxygen atoms in total. The van der Waals surface area contributed by atoms with Crippen LogP contribution in [0.3, 0.4) is 0 Å². The topological polar surface area (TPSA) is 52.6 Å². The van der Waals surface area contributed by atoms with Gasteiger partial charge in [0.25, 0.3) is 0 Å². The van der Waals surface area contributed by atoms with E-state index in [1.165, 1.54) is 19.3 Å². The minimum atomic E-state index is -2.30. The summed E-state index contributed by atoms with van der Waals surface area (Å²) in [5, 5.41) is 0. The Bertz CT molecular complexity index is 695. The number of hydrogen-bond acceptors (Lipinski definition) is 4. The predicted molar refractivity (Wildman–Crippen MR) is 98.9 cm³/mol. The van der Waals surface area contributed by atoms with Crippen molar-refractivity contribution >= 4 is 11.9 Å². The van der Waals surface area contributed by atoms with Crippen molar-refractivity contribution < 1.29 is 41.0 Å². The summed E-state index contributed by atoms with van der Waals surface area (Å²) in [5.41, 5.74) is -1.25. The first-order chi connectivity index (χ1) is 14.2. The lowest BCUT2D eigenvalue weighted by Gasteiger charge is -2.16. The van der Waals surface area contributed by atoms with E-state index in [4.69, 9.17) is 9.47 Å². The van der Waals surface area contributed by atoms with E-state index in [0.29, 0.717) is 6.42 Å². The summed E-state index contributed by atoms with van der Waals surface area (Å²) in [6.45, 7) is 3.33. The number of carbonyl (C=O) groups is 2. The number of benzene rings is 1. The third-order valence-corrected chi connectivity index (χ3v) is 4.50. The van der Waals surface area contributed by atoms with Crippen LogP contribution in [0.1, 0.15) is 83.3 Å². The van der Waals surface area contributed by atoms with Crippen LogP contribution >= 0.6 is 0 Å². The molecule has 0 saturated heterocycles. The molecule has 0 heterocycles. The molecule has 0 amide bonds. The van der Waals surface area contributed by atoms with Gasteiger partial charge in [-0.05, 0) is 13.3 Å². The highest BCUT2D eigenvalue weighted by Crippen LogP contribution is 2.29. The molecule has 1 atom stereocenters. The second-order valence-corrected chi connectivity index (χ2v) is 6.96. The molecular weight excluding hydrogens is 411 g/mol. The maximum absolute atomic E-state index is 13.7. The van der Waals surface area contributed by atoms with E-state index in [1.807, 2.05) is 0 Å². The SMILES string of the molecule is CCCCCCCCCOC(=O)CCC(=O)OC(C)c1c(F)c(F)c(F)c(F)c1F. The van der Waals surface area contributed by atoms with Gasteiger partial charge in [0.1, 0.15) is 6.10 Å². The molecule has 0 aliphatic carbocycles. The van der Waals surface area contributed by atoms with E-state index in [1.54, 1.807) is 0 Å². The van der Waals surface area contributed by atoms with Crippen LogP contribution in [0.5, 0.6) is 0 Å². The number of halogens is 5. The Morgan fingerprint density at radius 1 is 0.733 bits per heavy atom. The highest BCUT2D eigenvalue weighted by atomic mass is 19.2. The minimum Gasteiger partial charge on any atom is -0.466 e. The Morgan fingerprint density at radius 3 is 1.77 bits per heavy atom. The molecule has 1 rings (SSSR count). The van der Waals surface area contributed by atoms with Crippen LogP contribution in [0.2, 0.25) is 0 Å². The number of unbranched alkanes of at least 4 members (excludes halogenated alkanes) is 6. The highest BCUT2D eigenvalue weighted by molar-refractivity contribution is 5.77. The van der Waals surface area contributed by atoms with Gasteiger partial charge in [-0.1, -0.05) is 45.4 Å². The smallest absolute Gasteiger partial charge is 0.306 e. The Hall–Kier alpha value is -2.19. The third-order valence-electron chi connectivity index (χ3n) is 4.50. The number of ether oxygens (including phenoxy) is 2. The van der Waals surface area contributed by atoms with Gasteiger partial charge in [0.05, 0.1) is 25.0 Å². The van der Waals surface area contributed by atoms with Crippen molar-refractivity contribution in [3.05, 3.63) is 34.6 Å². The van der Waals surface area contributed by atoms with Crippen LogP contribution in [-0.4, -0.2) is 18.5 Å². The quantitative estimate of drug-likeness (QED) is 0.124. The Morgan fingerprint density at radius 2 is 1.20 bits per heavy atom. The molecule has 0 aliphatic heterocycles. The minimum absolute atomic E-state index is 0.225. The number of rotatable bonds is 13. The molecule has 9 heteroatoms. The van der Waals surface area contributed by atoms with Gasteiger partial charge in [0, 0.05) is 0 Å². The molecule has 0 aliphatic rings. The molecule has 0 saturated carbocycles. The number of hydrogen-bond donors (Lipinski definition) is 0. The van der Waals surface area contributed by atoms with Crippen molar-refractivity contribution in [3.63, 3.8) is 0 Å². The fourth-order valence-electron chi connectivity index (χ4n) is 2.82. The summed E-state index contributed by atoms with van der Waals surface area (Å²) in [4.78, 5) is 23.4. The Kier molecular flexibility index (Phi) is 11.4. The van der Waals surface area contributed by atoms with E-state index < -0.39 is 59.1 Å². The maximum Gasteiger partial charge on any atom is 0.306 e. The molecule has 0 N–H and O–H groups in total. The molecule has 0 fully saturated rings. The average Bonchev–Trinajstić information content (AvgIpc) is 2.71. The first-order valence-electron chi connectivity index (χ1n) is 10.1. The third kappa shape index (κ3) is 7.91. The van der Waals surface area contributed by atoms with Gasteiger partial charge in [-0.25, -0.2) is 22.0 Å². The van der Waals surface area contributed by atoms with Crippen LogP contribution < -0.4 is 0 Å². The van der Waals surface area contributed by atoms with Gasteiger partial charge in [-0.2, -0.15) is 0 Å². The van der Waals surface area contributed by atoms with Gasteiger partial charge < -0.3 is 9.47 Å². The second-order valence-electron chi connectivity index (χ2n) is 6.96. The maximum atomic E-state index is 13.7. The summed E-state index contributed by atoms with van der Waals surface area (Å²) in [5.74, 6) is -12.3. The summed E-state index contributed by atoms with van der Waals surface area (Å²) in [6, 6.07) is 0. The van der Waals surface area contributed by atoms with Crippen molar-refractivity contribution in [1.29, 1.82) is 0 Å². The summed E-state index contributed by atoms with van der Waals surface area (Å²) in [6.07, 6.45) is 4.88. The summed E-state index contributed by atoms with van der Waals surface area (Å²) < 4.78 is 76.7. The van der Waals surface area contributed by atoms with Gasteiger partial charge in [0.2, 0.25) is 5.82 Å². The molecule has 0 aromatic heterocycles.